The summed E-state index contributed by atoms with van der Waals surface area (Å²) in [7, 11) is 0. The van der Waals surface area contributed by atoms with E-state index in [4.69, 9.17) is 9.47 Å². The number of hydrogen-bond donors (Lipinski definition) is 1. The van der Waals surface area contributed by atoms with Gasteiger partial charge >= 0.3 is 0 Å². The molecule has 0 saturated carbocycles. The molecule has 9 heteroatoms. The molecule has 0 bridgehead atoms. The van der Waals surface area contributed by atoms with Crippen molar-refractivity contribution in [3.05, 3.63) is 60.7 Å². The highest BCUT2D eigenvalue weighted by molar-refractivity contribution is 7.99. The maximum atomic E-state index is 12.9. The van der Waals surface area contributed by atoms with E-state index in [0.717, 1.165) is 63.0 Å². The molecular weight excluding hydrogens is 462 g/mol. The molecule has 3 aromatic rings. The lowest BCUT2D eigenvalue weighted by Gasteiger charge is -2.37. The van der Waals surface area contributed by atoms with Gasteiger partial charge in [-0.05, 0) is 18.6 Å². The molecule has 8 nitrogen and oxygen atoms in total. The van der Waals surface area contributed by atoms with Crippen LogP contribution in [0.1, 0.15) is 6.42 Å². The van der Waals surface area contributed by atoms with Gasteiger partial charge < -0.3 is 14.8 Å². The van der Waals surface area contributed by atoms with Gasteiger partial charge in [0.15, 0.2) is 11.0 Å². The summed E-state index contributed by atoms with van der Waals surface area (Å²) in [6.45, 7) is 5.46. The highest BCUT2D eigenvalue weighted by atomic mass is 32.2. The Balaban J connectivity index is 1.26. The minimum absolute atomic E-state index is 0.00366. The lowest BCUT2D eigenvalue weighted by Crippen LogP contribution is -2.52. The average Bonchev–Trinajstić information content (AvgIpc) is 3.60. The topological polar surface area (TPSA) is 81.5 Å². The first-order chi connectivity index (χ1) is 17.3. The van der Waals surface area contributed by atoms with E-state index >= 15 is 0 Å². The van der Waals surface area contributed by atoms with Crippen molar-refractivity contribution in [3.8, 4) is 17.1 Å². The van der Waals surface area contributed by atoms with Gasteiger partial charge in [0.1, 0.15) is 0 Å². The van der Waals surface area contributed by atoms with E-state index in [1.807, 2.05) is 65.2 Å². The van der Waals surface area contributed by atoms with E-state index in [1.54, 1.807) is 0 Å². The maximum Gasteiger partial charge on any atom is 0.230 e. The predicted molar refractivity (Wildman–Crippen MR) is 136 cm³/mol. The van der Waals surface area contributed by atoms with E-state index in [9.17, 15) is 4.79 Å². The monoisotopic (exact) mass is 493 g/mol. The van der Waals surface area contributed by atoms with Crippen LogP contribution in [0.2, 0.25) is 0 Å². The molecule has 3 heterocycles. The maximum absolute atomic E-state index is 12.9. The summed E-state index contributed by atoms with van der Waals surface area (Å²) in [6, 6.07) is 20.3. The first kappa shape index (κ1) is 24.0. The third kappa shape index (κ3) is 5.92. The lowest BCUT2D eigenvalue weighted by molar-refractivity contribution is -0.119. The van der Waals surface area contributed by atoms with Crippen LogP contribution in [-0.2, 0) is 14.3 Å². The molecule has 0 radical (unpaired) electrons. The minimum atomic E-state index is -0.00366. The van der Waals surface area contributed by atoms with Crippen LogP contribution in [0.5, 0.6) is 0 Å². The van der Waals surface area contributed by atoms with Crippen LogP contribution in [0.3, 0.4) is 0 Å². The number of para-hydroxylation sites is 1. The fraction of sp³-hybridized carbons (Fsp3) is 0.423. The van der Waals surface area contributed by atoms with Crippen LogP contribution in [0.15, 0.2) is 65.8 Å². The number of carbonyl (C=O) groups is 1. The Bertz CT molecular complexity index is 1080. The molecule has 0 aliphatic carbocycles. The molecule has 5 rings (SSSR count). The van der Waals surface area contributed by atoms with Gasteiger partial charge in [-0.3, -0.25) is 14.3 Å². The highest BCUT2D eigenvalue weighted by Crippen LogP contribution is 2.28. The van der Waals surface area contributed by atoms with Crippen molar-refractivity contribution in [3.63, 3.8) is 0 Å². The fourth-order valence-corrected chi connectivity index (χ4v) is 5.49. The first-order valence-corrected chi connectivity index (χ1v) is 13.1. The smallest absolute Gasteiger partial charge is 0.230 e. The molecule has 1 N–H and O–H groups in total. The number of nitrogens with one attached hydrogen (secondary N) is 1. The minimum Gasteiger partial charge on any atom is -0.381 e. The van der Waals surface area contributed by atoms with Crippen molar-refractivity contribution in [2.24, 2.45) is 5.92 Å². The molecule has 2 saturated heterocycles. The second-order valence-corrected chi connectivity index (χ2v) is 9.72. The van der Waals surface area contributed by atoms with E-state index < -0.39 is 0 Å². The summed E-state index contributed by atoms with van der Waals surface area (Å²) < 4.78 is 13.2. The van der Waals surface area contributed by atoms with Crippen LogP contribution in [0, 0.1) is 5.92 Å². The summed E-state index contributed by atoms with van der Waals surface area (Å²) in [5.41, 5.74) is 1.94. The van der Waals surface area contributed by atoms with Gasteiger partial charge in [-0.15, -0.1) is 10.2 Å². The third-order valence-corrected chi connectivity index (χ3v) is 7.47. The van der Waals surface area contributed by atoms with Crippen LogP contribution in [-0.4, -0.2) is 83.4 Å². The lowest BCUT2D eigenvalue weighted by atomic mass is 9.97. The Kier molecular flexibility index (Phi) is 8.10. The second kappa shape index (κ2) is 11.8. The number of aromatic nitrogens is 3. The van der Waals surface area contributed by atoms with Gasteiger partial charge in [0.25, 0.3) is 0 Å². The number of rotatable bonds is 9. The van der Waals surface area contributed by atoms with Gasteiger partial charge in [-0.2, -0.15) is 0 Å². The molecule has 2 aliphatic rings. The van der Waals surface area contributed by atoms with E-state index in [1.165, 1.54) is 11.8 Å². The molecule has 2 atom stereocenters. The van der Waals surface area contributed by atoms with Crippen molar-refractivity contribution in [1.29, 1.82) is 0 Å². The van der Waals surface area contributed by atoms with E-state index in [0.29, 0.717) is 17.6 Å². The molecule has 1 aromatic heterocycles. The van der Waals surface area contributed by atoms with Crippen molar-refractivity contribution < 1.29 is 14.3 Å². The Morgan fingerprint density at radius 3 is 2.46 bits per heavy atom. The Hall–Kier alpha value is -2.72. The summed E-state index contributed by atoms with van der Waals surface area (Å²) in [6.07, 6.45) is 1.04. The number of thioether (sulfide) groups is 1. The number of benzene rings is 2. The van der Waals surface area contributed by atoms with Crippen molar-refractivity contribution in [2.75, 3.05) is 51.8 Å². The predicted octanol–water partition coefficient (Wildman–Crippen LogP) is 2.88. The summed E-state index contributed by atoms with van der Waals surface area (Å²) in [4.78, 5) is 15.3. The molecule has 2 fully saturated rings. The average molecular weight is 494 g/mol. The molecule has 2 aromatic carbocycles. The zero-order valence-corrected chi connectivity index (χ0v) is 20.5. The second-order valence-electron chi connectivity index (χ2n) is 8.78. The summed E-state index contributed by atoms with van der Waals surface area (Å²) in [5.74, 6) is 1.47. The Morgan fingerprint density at radius 2 is 1.74 bits per heavy atom. The van der Waals surface area contributed by atoms with Crippen LogP contribution in [0.4, 0.5) is 0 Å². The number of amides is 1. The van der Waals surface area contributed by atoms with Gasteiger partial charge in [-0.25, -0.2) is 0 Å². The Morgan fingerprint density at radius 1 is 1.00 bits per heavy atom. The number of ether oxygens (including phenoxy) is 2. The van der Waals surface area contributed by atoms with Gasteiger partial charge in [0.2, 0.25) is 5.91 Å². The summed E-state index contributed by atoms with van der Waals surface area (Å²) >= 11 is 1.40. The molecule has 0 spiro atoms. The summed E-state index contributed by atoms with van der Waals surface area (Å²) in [5, 5.41) is 12.7. The van der Waals surface area contributed by atoms with Crippen molar-refractivity contribution in [2.45, 2.75) is 17.6 Å². The van der Waals surface area contributed by atoms with E-state index in [-0.39, 0.29) is 17.7 Å². The van der Waals surface area contributed by atoms with E-state index in [2.05, 4.69) is 20.4 Å². The van der Waals surface area contributed by atoms with Crippen LogP contribution >= 0.6 is 11.8 Å². The SMILES string of the molecule is O=C(CSc1nnc(-c2ccccc2)n1-c1ccccc1)NCC(C1CCOC1)N1CCOCC1. The zero-order chi connectivity index (χ0) is 23.9. The highest BCUT2D eigenvalue weighted by Gasteiger charge is 2.31. The number of carbonyl (C=O) groups excluding carboxylic acids is 1. The van der Waals surface area contributed by atoms with Gasteiger partial charge in [-0.1, -0.05) is 60.3 Å². The Labute approximate surface area is 210 Å². The molecule has 184 valence electrons. The van der Waals surface area contributed by atoms with Gasteiger partial charge in [0, 0.05) is 49.5 Å². The number of hydrogen-bond acceptors (Lipinski definition) is 7. The number of nitrogens with zero attached hydrogens (tertiary/aromatic N) is 4. The molecule has 35 heavy (non-hydrogen) atoms. The zero-order valence-electron chi connectivity index (χ0n) is 19.7. The van der Waals surface area contributed by atoms with Gasteiger partial charge in [0.05, 0.1) is 25.6 Å². The standard InChI is InChI=1S/C26H31N5O3S/c32-24(27-17-23(21-11-14-34-18-21)30-12-15-33-16-13-30)19-35-26-29-28-25(20-7-3-1-4-8-20)31(26)22-9-5-2-6-10-22/h1-10,21,23H,11-19H2,(H,27,32). The molecule has 2 aliphatic heterocycles. The van der Waals surface area contributed by atoms with Crippen molar-refractivity contribution in [1.82, 2.24) is 25.0 Å². The van der Waals surface area contributed by atoms with Crippen LogP contribution in [0.25, 0.3) is 17.1 Å². The fourth-order valence-electron chi connectivity index (χ4n) is 4.71. The normalized spacial score (nSPS) is 19.5. The van der Waals surface area contributed by atoms with Crippen LogP contribution < -0.4 is 5.32 Å². The first-order valence-electron chi connectivity index (χ1n) is 12.1. The quantitative estimate of drug-likeness (QED) is 0.459. The molecular formula is C26H31N5O3S. The largest absolute Gasteiger partial charge is 0.381 e. The third-order valence-electron chi connectivity index (χ3n) is 6.54. The molecule has 1 amide bonds. The van der Waals surface area contributed by atoms with Crippen molar-refractivity contribution >= 4 is 17.7 Å². The number of morpholine rings is 1. The molecule has 2 unspecified atom stereocenters.